The van der Waals surface area contributed by atoms with Gasteiger partial charge in [-0.2, -0.15) is 0 Å². The Hall–Kier alpha value is -0.0800. The highest BCUT2D eigenvalue weighted by molar-refractivity contribution is 5.03. The summed E-state index contributed by atoms with van der Waals surface area (Å²) in [6.07, 6.45) is 5.10. The Morgan fingerprint density at radius 1 is 1.50 bits per heavy atom. The topological polar surface area (TPSA) is 32.3 Å². The largest absolute Gasteiger partial charge is 0.394 e. The first-order chi connectivity index (χ1) is 4.87. The summed E-state index contributed by atoms with van der Waals surface area (Å²) in [5.74, 6) is 0.775. The van der Waals surface area contributed by atoms with Crippen LogP contribution < -0.4 is 5.32 Å². The molecule has 10 heavy (non-hydrogen) atoms. The molecule has 0 spiro atoms. The highest BCUT2D eigenvalue weighted by Gasteiger charge is 2.45. The number of aliphatic hydroxyl groups is 1. The molecule has 2 N–H and O–H groups in total. The second-order valence-corrected chi connectivity index (χ2v) is 3.62. The third-order valence-electron chi connectivity index (χ3n) is 3.21. The van der Waals surface area contributed by atoms with Gasteiger partial charge in [0.15, 0.2) is 0 Å². The average Bonchev–Trinajstić information content (AvgIpc) is 2.42. The SMILES string of the molecule is OC[C@]12CCC[C@H]1CCN2. The van der Waals surface area contributed by atoms with E-state index in [9.17, 15) is 0 Å². The minimum Gasteiger partial charge on any atom is -0.394 e. The Kier molecular flexibility index (Phi) is 1.46. The lowest BCUT2D eigenvalue weighted by Gasteiger charge is -2.26. The molecule has 2 aliphatic rings. The zero-order valence-corrected chi connectivity index (χ0v) is 6.27. The van der Waals surface area contributed by atoms with E-state index in [1.165, 1.54) is 25.7 Å². The smallest absolute Gasteiger partial charge is 0.0616 e. The number of rotatable bonds is 1. The Bertz CT molecular complexity index is 125. The molecule has 0 aromatic carbocycles. The number of aliphatic hydroxyl groups excluding tert-OH is 1. The molecule has 2 rings (SSSR count). The predicted molar refractivity (Wildman–Crippen MR) is 39.8 cm³/mol. The Morgan fingerprint density at radius 3 is 3.10 bits per heavy atom. The molecule has 0 bridgehead atoms. The molecular formula is C8H15NO. The van der Waals surface area contributed by atoms with Gasteiger partial charge < -0.3 is 10.4 Å². The summed E-state index contributed by atoms with van der Waals surface area (Å²) in [7, 11) is 0. The number of hydrogen-bond acceptors (Lipinski definition) is 2. The minimum atomic E-state index is 0.153. The Morgan fingerprint density at radius 2 is 2.40 bits per heavy atom. The molecule has 0 aromatic rings. The summed E-state index contributed by atoms with van der Waals surface area (Å²) in [4.78, 5) is 0. The molecule has 58 valence electrons. The molecule has 0 amide bonds. The van der Waals surface area contributed by atoms with Crippen molar-refractivity contribution in [2.24, 2.45) is 5.92 Å². The normalized spacial score (nSPS) is 45.9. The fourth-order valence-corrected chi connectivity index (χ4v) is 2.56. The zero-order valence-electron chi connectivity index (χ0n) is 6.27. The van der Waals surface area contributed by atoms with Crippen LogP contribution in [0.25, 0.3) is 0 Å². The van der Waals surface area contributed by atoms with E-state index in [0.29, 0.717) is 6.61 Å². The standard InChI is InChI=1S/C8H15NO/c10-6-8-4-1-2-7(8)3-5-9-8/h7,9-10H,1-6H2/t7-,8+/m0/s1. The first kappa shape index (κ1) is 6.62. The first-order valence-corrected chi connectivity index (χ1v) is 4.23. The summed E-state index contributed by atoms with van der Waals surface area (Å²) in [6, 6.07) is 0. The van der Waals surface area contributed by atoms with Crippen LogP contribution in [-0.4, -0.2) is 23.8 Å². The van der Waals surface area contributed by atoms with E-state index in [1.807, 2.05) is 0 Å². The summed E-state index contributed by atoms with van der Waals surface area (Å²) >= 11 is 0. The van der Waals surface area contributed by atoms with Gasteiger partial charge in [-0.15, -0.1) is 0 Å². The van der Waals surface area contributed by atoms with Crippen LogP contribution >= 0.6 is 0 Å². The monoisotopic (exact) mass is 141 g/mol. The summed E-state index contributed by atoms with van der Waals surface area (Å²) in [5.41, 5.74) is 0.153. The van der Waals surface area contributed by atoms with Gasteiger partial charge in [-0.3, -0.25) is 0 Å². The van der Waals surface area contributed by atoms with Gasteiger partial charge in [0.1, 0.15) is 0 Å². The van der Waals surface area contributed by atoms with Crippen LogP contribution in [0.15, 0.2) is 0 Å². The van der Waals surface area contributed by atoms with E-state index in [0.717, 1.165) is 12.5 Å². The lowest BCUT2D eigenvalue weighted by atomic mass is 9.90. The fourth-order valence-electron chi connectivity index (χ4n) is 2.56. The average molecular weight is 141 g/mol. The van der Waals surface area contributed by atoms with E-state index in [4.69, 9.17) is 5.11 Å². The molecule has 1 saturated carbocycles. The van der Waals surface area contributed by atoms with Crippen molar-refractivity contribution in [3.63, 3.8) is 0 Å². The Labute approximate surface area is 61.6 Å². The molecule has 0 aromatic heterocycles. The lowest BCUT2D eigenvalue weighted by Crippen LogP contribution is -2.44. The number of hydrogen-bond donors (Lipinski definition) is 2. The van der Waals surface area contributed by atoms with E-state index in [1.54, 1.807) is 0 Å². The maximum absolute atomic E-state index is 9.16. The van der Waals surface area contributed by atoms with Crippen molar-refractivity contribution in [1.82, 2.24) is 5.32 Å². The third-order valence-corrected chi connectivity index (χ3v) is 3.21. The molecule has 2 fully saturated rings. The van der Waals surface area contributed by atoms with Crippen molar-refractivity contribution < 1.29 is 5.11 Å². The van der Waals surface area contributed by atoms with Crippen molar-refractivity contribution in [1.29, 1.82) is 0 Å². The zero-order chi connectivity index (χ0) is 7.03. The van der Waals surface area contributed by atoms with Gasteiger partial charge in [0, 0.05) is 5.54 Å². The van der Waals surface area contributed by atoms with Crippen molar-refractivity contribution in [3.8, 4) is 0 Å². The van der Waals surface area contributed by atoms with E-state index < -0.39 is 0 Å². The van der Waals surface area contributed by atoms with Crippen LogP contribution in [-0.2, 0) is 0 Å². The number of fused-ring (bicyclic) bond motifs is 1. The molecule has 0 unspecified atom stereocenters. The molecule has 2 heteroatoms. The maximum atomic E-state index is 9.16. The van der Waals surface area contributed by atoms with Gasteiger partial charge in [-0.05, 0) is 31.7 Å². The summed E-state index contributed by atoms with van der Waals surface area (Å²) < 4.78 is 0. The Balaban J connectivity index is 2.15. The van der Waals surface area contributed by atoms with Crippen molar-refractivity contribution in [2.45, 2.75) is 31.2 Å². The molecule has 1 heterocycles. The highest BCUT2D eigenvalue weighted by atomic mass is 16.3. The van der Waals surface area contributed by atoms with Gasteiger partial charge in [0.2, 0.25) is 0 Å². The second-order valence-electron chi connectivity index (χ2n) is 3.62. The lowest BCUT2D eigenvalue weighted by molar-refractivity contribution is 0.157. The van der Waals surface area contributed by atoms with Gasteiger partial charge in [-0.1, -0.05) is 6.42 Å². The summed E-state index contributed by atoms with van der Waals surface area (Å²) in [6.45, 7) is 1.46. The van der Waals surface area contributed by atoms with Gasteiger partial charge in [0.25, 0.3) is 0 Å². The molecular weight excluding hydrogens is 126 g/mol. The van der Waals surface area contributed by atoms with Crippen LogP contribution in [0.3, 0.4) is 0 Å². The highest BCUT2D eigenvalue weighted by Crippen LogP contribution is 2.40. The fraction of sp³-hybridized carbons (Fsp3) is 1.00. The van der Waals surface area contributed by atoms with Crippen molar-refractivity contribution >= 4 is 0 Å². The van der Waals surface area contributed by atoms with Crippen LogP contribution in [0, 0.1) is 5.92 Å². The molecule has 1 aliphatic heterocycles. The van der Waals surface area contributed by atoms with Crippen LogP contribution in [0.4, 0.5) is 0 Å². The third kappa shape index (κ3) is 0.722. The molecule has 1 aliphatic carbocycles. The predicted octanol–water partition coefficient (Wildman–Crippen LogP) is 0.511. The maximum Gasteiger partial charge on any atom is 0.0616 e. The molecule has 1 saturated heterocycles. The minimum absolute atomic E-state index is 0.153. The molecule has 2 atom stereocenters. The van der Waals surface area contributed by atoms with Gasteiger partial charge in [0.05, 0.1) is 6.61 Å². The molecule has 0 radical (unpaired) electrons. The van der Waals surface area contributed by atoms with Gasteiger partial charge >= 0.3 is 0 Å². The number of nitrogens with one attached hydrogen (secondary N) is 1. The van der Waals surface area contributed by atoms with E-state index >= 15 is 0 Å². The van der Waals surface area contributed by atoms with Crippen LogP contribution in [0.1, 0.15) is 25.7 Å². The van der Waals surface area contributed by atoms with Crippen LogP contribution in [0.2, 0.25) is 0 Å². The van der Waals surface area contributed by atoms with Crippen molar-refractivity contribution in [3.05, 3.63) is 0 Å². The second kappa shape index (κ2) is 2.21. The van der Waals surface area contributed by atoms with E-state index in [2.05, 4.69) is 5.32 Å². The van der Waals surface area contributed by atoms with Gasteiger partial charge in [-0.25, -0.2) is 0 Å². The van der Waals surface area contributed by atoms with Crippen molar-refractivity contribution in [2.75, 3.05) is 13.2 Å². The molecule has 2 nitrogen and oxygen atoms in total. The summed E-state index contributed by atoms with van der Waals surface area (Å²) in [5, 5.41) is 12.6. The van der Waals surface area contributed by atoms with Crippen LogP contribution in [0.5, 0.6) is 0 Å². The quantitative estimate of drug-likeness (QED) is 0.557. The first-order valence-electron chi connectivity index (χ1n) is 4.23. The van der Waals surface area contributed by atoms with E-state index in [-0.39, 0.29) is 5.54 Å².